The molecule has 4 rings (SSSR count). The van der Waals surface area contributed by atoms with Crippen molar-refractivity contribution in [3.63, 3.8) is 0 Å². The molecule has 204 valence electrons. The first-order valence-electron chi connectivity index (χ1n) is 12.3. The van der Waals surface area contributed by atoms with Crippen molar-refractivity contribution in [3.8, 4) is 5.75 Å². The summed E-state index contributed by atoms with van der Waals surface area (Å²) in [6, 6.07) is 2.27. The molecule has 0 bridgehead atoms. The van der Waals surface area contributed by atoms with Gasteiger partial charge in [0.25, 0.3) is 10.9 Å². The van der Waals surface area contributed by atoms with Crippen LogP contribution in [-0.4, -0.2) is 74.2 Å². The Morgan fingerprint density at radius 2 is 1.97 bits per heavy atom. The smallest absolute Gasteiger partial charge is 0.253 e. The van der Waals surface area contributed by atoms with Gasteiger partial charge in [-0.2, -0.15) is 4.31 Å². The van der Waals surface area contributed by atoms with Crippen molar-refractivity contribution in [1.29, 1.82) is 0 Å². The third kappa shape index (κ3) is 5.16. The minimum Gasteiger partial charge on any atom is -0.504 e. The molecule has 2 aliphatic rings. The number of benzene rings is 1. The Morgan fingerprint density at radius 1 is 1.24 bits per heavy atom. The molecule has 2 atom stereocenters. The van der Waals surface area contributed by atoms with Crippen LogP contribution in [0.4, 0.5) is 17.1 Å². The van der Waals surface area contributed by atoms with Gasteiger partial charge in [-0.3, -0.25) is 14.5 Å². The summed E-state index contributed by atoms with van der Waals surface area (Å²) in [4.78, 5) is 26.6. The van der Waals surface area contributed by atoms with Crippen molar-refractivity contribution in [1.82, 2.24) is 9.21 Å². The molecule has 2 aromatic carbocycles. The number of phenols is 1. The number of hydrogen-bond donors (Lipinski definition) is 3. The maximum absolute atomic E-state index is 13.6. The van der Waals surface area contributed by atoms with Crippen molar-refractivity contribution in [2.45, 2.75) is 30.3 Å². The predicted octanol–water partition coefficient (Wildman–Crippen LogP) is 2.58. The summed E-state index contributed by atoms with van der Waals surface area (Å²) in [6.45, 7) is 12.1. The maximum atomic E-state index is 13.6. The fourth-order valence-corrected chi connectivity index (χ4v) is 6.86. The van der Waals surface area contributed by atoms with Crippen LogP contribution in [0.3, 0.4) is 0 Å². The van der Waals surface area contributed by atoms with Crippen LogP contribution < -0.4 is 21.5 Å². The Kier molecular flexibility index (Phi) is 8.43. The number of morpholine rings is 1. The van der Waals surface area contributed by atoms with Gasteiger partial charge in [0.2, 0.25) is 10.0 Å². The number of fused-ring (bicyclic) bond motifs is 1. The third-order valence-electron chi connectivity index (χ3n) is 6.93. The van der Waals surface area contributed by atoms with E-state index in [1.807, 2.05) is 6.92 Å². The van der Waals surface area contributed by atoms with Gasteiger partial charge in [-0.25, -0.2) is 8.42 Å². The molecule has 12 heteroatoms. The number of hydrogen-bond acceptors (Lipinski definition) is 9. The molecule has 1 unspecified atom stereocenters. The number of halogens is 1. The number of allylic oxidation sites excluding steroid dienone is 2. The second-order valence-electron chi connectivity index (χ2n) is 9.15. The number of sulfonamides is 1. The summed E-state index contributed by atoms with van der Waals surface area (Å²) < 4.78 is 34.0. The van der Waals surface area contributed by atoms with Gasteiger partial charge in [-0.15, -0.1) is 0 Å². The molecule has 2 heterocycles. The highest BCUT2D eigenvalue weighted by Gasteiger charge is 2.38. The predicted molar refractivity (Wildman–Crippen MR) is 149 cm³/mol. The second-order valence-corrected chi connectivity index (χ2v) is 11.4. The Labute approximate surface area is 226 Å². The number of piperazine rings is 1. The lowest BCUT2D eigenvalue weighted by Gasteiger charge is -2.43. The molecule has 0 saturated carbocycles. The molecule has 0 aromatic heterocycles. The Hall–Kier alpha value is -2.96. The minimum atomic E-state index is -4.18. The zero-order valence-electron chi connectivity index (χ0n) is 21.1. The van der Waals surface area contributed by atoms with Crippen molar-refractivity contribution < 1.29 is 18.3 Å². The molecule has 3 N–H and O–H groups in total. The summed E-state index contributed by atoms with van der Waals surface area (Å²) in [6.07, 6.45) is 5.55. The number of nitrogens with one attached hydrogen (secondary N) is 2. The van der Waals surface area contributed by atoms with Crippen molar-refractivity contribution in [2.24, 2.45) is 0 Å². The van der Waals surface area contributed by atoms with Crippen LogP contribution in [-0.2, 0) is 14.8 Å². The van der Waals surface area contributed by atoms with Crippen molar-refractivity contribution >= 4 is 38.7 Å². The summed E-state index contributed by atoms with van der Waals surface area (Å²) in [5.74, 6) is -0.635. The number of ether oxygens (including phenoxy) is 1. The highest BCUT2D eigenvalue weighted by atomic mass is 35.5. The van der Waals surface area contributed by atoms with E-state index < -0.39 is 31.5 Å². The van der Waals surface area contributed by atoms with E-state index >= 15 is 0 Å². The van der Waals surface area contributed by atoms with Crippen molar-refractivity contribution in [2.75, 3.05) is 50.0 Å². The SMILES string of the molecule is C=C/C=C(\C=C)[C@@H](CC)Nc1c(Nc2ccc(Cl)c(S(=O)(=O)N3CCN4CCOCC4C3)c2O)c(=O)c1=O. The van der Waals surface area contributed by atoms with Gasteiger partial charge < -0.3 is 20.5 Å². The van der Waals surface area contributed by atoms with Crippen LogP contribution in [0, 0.1) is 0 Å². The Bertz CT molecular complexity index is 1450. The second kappa shape index (κ2) is 11.4. The van der Waals surface area contributed by atoms with Crippen LogP contribution in [0.1, 0.15) is 13.3 Å². The zero-order chi connectivity index (χ0) is 27.6. The van der Waals surface area contributed by atoms with Gasteiger partial charge in [0.15, 0.2) is 5.75 Å². The van der Waals surface area contributed by atoms with E-state index in [1.165, 1.54) is 16.4 Å². The van der Waals surface area contributed by atoms with E-state index in [0.717, 1.165) is 12.1 Å². The molecule has 0 spiro atoms. The van der Waals surface area contributed by atoms with Gasteiger partial charge in [0.1, 0.15) is 16.3 Å². The fraction of sp³-hybridized carbons (Fsp3) is 0.385. The molecule has 2 fully saturated rings. The molecule has 0 aliphatic carbocycles. The van der Waals surface area contributed by atoms with E-state index in [9.17, 15) is 23.1 Å². The zero-order valence-corrected chi connectivity index (χ0v) is 22.6. The maximum Gasteiger partial charge on any atom is 0.253 e. The standard InChI is InChI=1S/C26H31ClN4O6S/c1-4-7-16(5-2)19(6-3)28-21-22(25(34)24(21)33)29-20-9-8-18(27)26(23(20)32)38(35,36)31-11-10-30-12-13-37-15-17(30)14-31/h4-5,7-9,17,19,28-29,32H,1-2,6,10-15H2,3H3/b16-7+/t17?,19-/m1/s1. The molecule has 10 nitrogen and oxygen atoms in total. The highest BCUT2D eigenvalue weighted by molar-refractivity contribution is 7.89. The quantitative estimate of drug-likeness (QED) is 0.227. The lowest BCUT2D eigenvalue weighted by Crippen LogP contribution is -2.59. The molecule has 0 amide bonds. The molecule has 38 heavy (non-hydrogen) atoms. The highest BCUT2D eigenvalue weighted by Crippen LogP contribution is 2.40. The summed E-state index contributed by atoms with van der Waals surface area (Å²) in [5.41, 5.74) is -0.853. The molecule has 2 saturated heterocycles. The number of aromatic hydroxyl groups is 1. The van der Waals surface area contributed by atoms with Crippen molar-refractivity contribution in [3.05, 3.63) is 74.6 Å². The van der Waals surface area contributed by atoms with Gasteiger partial charge >= 0.3 is 0 Å². The Balaban J connectivity index is 1.63. The number of rotatable bonds is 10. The summed E-state index contributed by atoms with van der Waals surface area (Å²) in [5, 5.41) is 16.7. The average Bonchev–Trinajstić information content (AvgIpc) is 2.92. The molecular formula is C26H31ClN4O6S. The lowest BCUT2D eigenvalue weighted by atomic mass is 10.0. The largest absolute Gasteiger partial charge is 0.504 e. The van der Waals surface area contributed by atoms with Crippen LogP contribution >= 0.6 is 11.6 Å². The molecule has 0 radical (unpaired) electrons. The average molecular weight is 563 g/mol. The van der Waals surface area contributed by atoms with E-state index in [0.29, 0.717) is 26.2 Å². The fourth-order valence-electron chi connectivity index (χ4n) is 4.80. The molecule has 2 aromatic rings. The first-order chi connectivity index (χ1) is 18.1. The van der Waals surface area contributed by atoms with Gasteiger partial charge in [-0.05, 0) is 24.1 Å². The monoisotopic (exact) mass is 562 g/mol. The minimum absolute atomic E-state index is 0.0332. The first-order valence-corrected chi connectivity index (χ1v) is 14.1. The van der Waals surface area contributed by atoms with Gasteiger partial charge in [0, 0.05) is 32.2 Å². The van der Waals surface area contributed by atoms with Crippen LogP contribution in [0.5, 0.6) is 5.75 Å². The lowest BCUT2D eigenvalue weighted by molar-refractivity contribution is -0.0304. The van der Waals surface area contributed by atoms with Crippen LogP contribution in [0.2, 0.25) is 5.02 Å². The number of nitrogens with zero attached hydrogens (tertiary/aromatic N) is 2. The third-order valence-corrected chi connectivity index (χ3v) is 9.29. The van der Waals surface area contributed by atoms with E-state index in [4.69, 9.17) is 16.3 Å². The number of anilines is 3. The van der Waals surface area contributed by atoms with Crippen LogP contribution in [0.15, 0.2) is 63.6 Å². The molecule has 2 aliphatic heterocycles. The normalized spacial score (nSPS) is 20.1. The summed E-state index contributed by atoms with van der Waals surface area (Å²) in [7, 11) is -4.18. The van der Waals surface area contributed by atoms with E-state index in [-0.39, 0.29) is 47.3 Å². The van der Waals surface area contributed by atoms with Gasteiger partial charge in [-0.1, -0.05) is 49.9 Å². The van der Waals surface area contributed by atoms with Gasteiger partial charge in [0.05, 0.1) is 30.0 Å². The van der Waals surface area contributed by atoms with E-state index in [1.54, 1.807) is 18.2 Å². The topological polar surface area (TPSA) is 128 Å². The molecular weight excluding hydrogens is 532 g/mol. The number of phenolic OH excluding ortho intramolecular Hbond substituents is 1. The van der Waals surface area contributed by atoms with Crippen LogP contribution in [0.25, 0.3) is 0 Å². The summed E-state index contributed by atoms with van der Waals surface area (Å²) >= 11 is 6.28. The first kappa shape index (κ1) is 28.1. The Morgan fingerprint density at radius 3 is 2.66 bits per heavy atom. The van der Waals surface area contributed by atoms with E-state index in [2.05, 4.69) is 28.7 Å².